The van der Waals surface area contributed by atoms with Gasteiger partial charge in [0, 0.05) is 6.54 Å². The highest BCUT2D eigenvalue weighted by molar-refractivity contribution is 5.83. The minimum atomic E-state index is -0.515. The Hall–Kier alpha value is -1.38. The standard InChI is InChI=1S/C8H17N5O3/c1-16-7(14)6-4-2-3-5-13(6)8(15)10-12-11-9/h6,11-12H,2-5,9H2,1H3,(H,10,15). The quantitative estimate of drug-likeness (QED) is 0.270. The third kappa shape index (κ3) is 3.05. The van der Waals surface area contributed by atoms with Gasteiger partial charge in [-0.1, -0.05) is 0 Å². The first-order valence-electron chi connectivity index (χ1n) is 5.05. The summed E-state index contributed by atoms with van der Waals surface area (Å²) in [6, 6.07) is -0.925. The number of ether oxygens (including phenoxy) is 1. The first-order chi connectivity index (χ1) is 7.70. The number of nitrogens with two attached hydrogens (primary N) is 1. The molecular weight excluding hydrogens is 214 g/mol. The van der Waals surface area contributed by atoms with Crippen molar-refractivity contribution in [2.24, 2.45) is 5.84 Å². The van der Waals surface area contributed by atoms with Gasteiger partial charge in [0.15, 0.2) is 0 Å². The lowest BCUT2D eigenvalue weighted by molar-refractivity contribution is -0.146. The lowest BCUT2D eigenvalue weighted by Crippen LogP contribution is -2.58. The summed E-state index contributed by atoms with van der Waals surface area (Å²) in [4.78, 5) is 24.5. The van der Waals surface area contributed by atoms with Crippen molar-refractivity contribution in [2.45, 2.75) is 25.3 Å². The molecule has 0 aromatic rings. The number of rotatable bonds is 3. The van der Waals surface area contributed by atoms with Crippen LogP contribution in [-0.4, -0.2) is 36.6 Å². The number of hydrogen-bond acceptors (Lipinski definition) is 6. The zero-order chi connectivity index (χ0) is 12.0. The molecule has 1 rings (SSSR count). The molecule has 8 nitrogen and oxygen atoms in total. The van der Waals surface area contributed by atoms with E-state index in [2.05, 4.69) is 21.2 Å². The number of nitrogens with one attached hydrogen (secondary N) is 3. The lowest BCUT2D eigenvalue weighted by atomic mass is 10.0. The van der Waals surface area contributed by atoms with Crippen LogP contribution in [0.4, 0.5) is 4.79 Å². The van der Waals surface area contributed by atoms with E-state index in [0.717, 1.165) is 12.8 Å². The summed E-state index contributed by atoms with van der Waals surface area (Å²) >= 11 is 0. The molecule has 5 N–H and O–H groups in total. The molecule has 92 valence electrons. The first-order valence-corrected chi connectivity index (χ1v) is 5.05. The van der Waals surface area contributed by atoms with Crippen molar-refractivity contribution in [3.63, 3.8) is 0 Å². The number of amides is 2. The summed E-state index contributed by atoms with van der Waals surface area (Å²) in [5.74, 6) is 4.55. The van der Waals surface area contributed by atoms with E-state index < -0.39 is 18.0 Å². The summed E-state index contributed by atoms with van der Waals surface area (Å²) < 4.78 is 4.65. The summed E-state index contributed by atoms with van der Waals surface area (Å²) in [5, 5.41) is 0. The summed E-state index contributed by atoms with van der Waals surface area (Å²) in [6.07, 6.45) is 2.40. The number of nitrogens with zero attached hydrogens (tertiary/aromatic N) is 1. The van der Waals surface area contributed by atoms with E-state index in [1.165, 1.54) is 12.0 Å². The molecule has 1 fully saturated rings. The Morgan fingerprint density at radius 2 is 2.19 bits per heavy atom. The van der Waals surface area contributed by atoms with E-state index in [0.29, 0.717) is 13.0 Å². The fraction of sp³-hybridized carbons (Fsp3) is 0.750. The van der Waals surface area contributed by atoms with Gasteiger partial charge in [0.25, 0.3) is 0 Å². The number of hydrogen-bond donors (Lipinski definition) is 4. The Labute approximate surface area is 93.4 Å². The number of hydrazine groups is 3. The van der Waals surface area contributed by atoms with Crippen molar-refractivity contribution < 1.29 is 14.3 Å². The van der Waals surface area contributed by atoms with Gasteiger partial charge in [-0.2, -0.15) is 11.1 Å². The molecular formula is C8H17N5O3. The summed E-state index contributed by atoms with van der Waals surface area (Å²) in [6.45, 7) is 0.526. The minimum absolute atomic E-state index is 0.393. The van der Waals surface area contributed by atoms with Gasteiger partial charge in [-0.3, -0.25) is 11.3 Å². The highest BCUT2D eigenvalue weighted by Gasteiger charge is 2.32. The number of carbonyl (C=O) groups is 2. The van der Waals surface area contributed by atoms with Crippen LogP contribution in [0.15, 0.2) is 0 Å². The van der Waals surface area contributed by atoms with Crippen molar-refractivity contribution >= 4 is 12.0 Å². The first kappa shape index (κ1) is 12.7. The highest BCUT2D eigenvalue weighted by atomic mass is 16.5. The second-order valence-corrected chi connectivity index (χ2v) is 3.43. The Morgan fingerprint density at radius 1 is 1.44 bits per heavy atom. The molecule has 0 radical (unpaired) electrons. The molecule has 0 aromatic carbocycles. The molecule has 0 bridgehead atoms. The van der Waals surface area contributed by atoms with Gasteiger partial charge in [0.05, 0.1) is 7.11 Å². The van der Waals surface area contributed by atoms with Gasteiger partial charge in [-0.05, 0) is 19.3 Å². The fourth-order valence-corrected chi connectivity index (χ4v) is 1.72. The Morgan fingerprint density at radius 3 is 2.81 bits per heavy atom. The number of carbonyl (C=O) groups excluding carboxylic acids is 2. The largest absolute Gasteiger partial charge is 0.467 e. The fourth-order valence-electron chi connectivity index (χ4n) is 1.72. The normalized spacial score (nSPS) is 20.4. The van der Waals surface area contributed by atoms with Gasteiger partial charge in [-0.25, -0.2) is 9.59 Å². The van der Waals surface area contributed by atoms with Crippen molar-refractivity contribution in [1.29, 1.82) is 0 Å². The van der Waals surface area contributed by atoms with Crippen LogP contribution in [0.5, 0.6) is 0 Å². The minimum Gasteiger partial charge on any atom is -0.467 e. The second kappa shape index (κ2) is 6.26. The Bertz CT molecular complexity index is 260. The van der Waals surface area contributed by atoms with E-state index in [9.17, 15) is 9.59 Å². The van der Waals surface area contributed by atoms with Crippen LogP contribution in [0.1, 0.15) is 19.3 Å². The SMILES string of the molecule is COC(=O)C1CCCCN1C(=O)NNNN. The molecule has 8 heteroatoms. The van der Waals surface area contributed by atoms with Crippen LogP contribution in [0.2, 0.25) is 0 Å². The molecule has 0 aliphatic carbocycles. The van der Waals surface area contributed by atoms with Crippen LogP contribution in [0.3, 0.4) is 0 Å². The van der Waals surface area contributed by atoms with E-state index in [4.69, 9.17) is 5.84 Å². The van der Waals surface area contributed by atoms with Gasteiger partial charge >= 0.3 is 12.0 Å². The summed E-state index contributed by atoms with van der Waals surface area (Å²) in [5.41, 5.74) is 6.63. The van der Waals surface area contributed by atoms with Crippen molar-refractivity contribution in [3.8, 4) is 0 Å². The molecule has 1 heterocycles. The van der Waals surface area contributed by atoms with E-state index in [-0.39, 0.29) is 0 Å². The topological polar surface area (TPSA) is 109 Å². The smallest absolute Gasteiger partial charge is 0.333 e. The molecule has 0 aromatic heterocycles. The number of esters is 1. The molecule has 1 aliphatic heterocycles. The Balaban J connectivity index is 2.59. The highest BCUT2D eigenvalue weighted by Crippen LogP contribution is 2.17. The summed E-state index contributed by atoms with van der Waals surface area (Å²) in [7, 11) is 1.31. The average Bonchev–Trinajstić information content (AvgIpc) is 2.35. The third-order valence-corrected chi connectivity index (χ3v) is 2.48. The molecule has 2 amide bonds. The molecule has 1 unspecified atom stereocenters. The molecule has 16 heavy (non-hydrogen) atoms. The predicted octanol–water partition coefficient (Wildman–Crippen LogP) is -1.39. The lowest BCUT2D eigenvalue weighted by Gasteiger charge is -2.33. The zero-order valence-electron chi connectivity index (χ0n) is 9.16. The van der Waals surface area contributed by atoms with Gasteiger partial charge < -0.3 is 9.64 Å². The van der Waals surface area contributed by atoms with E-state index in [1.807, 2.05) is 0 Å². The zero-order valence-corrected chi connectivity index (χ0v) is 9.16. The van der Waals surface area contributed by atoms with Gasteiger partial charge in [0.1, 0.15) is 6.04 Å². The third-order valence-electron chi connectivity index (χ3n) is 2.48. The van der Waals surface area contributed by atoms with Gasteiger partial charge in [-0.15, -0.1) is 0 Å². The molecule has 1 saturated heterocycles. The molecule has 1 aliphatic rings. The van der Waals surface area contributed by atoms with Crippen LogP contribution in [-0.2, 0) is 9.53 Å². The second-order valence-electron chi connectivity index (χ2n) is 3.43. The van der Waals surface area contributed by atoms with Crippen molar-refractivity contribution in [2.75, 3.05) is 13.7 Å². The van der Waals surface area contributed by atoms with Gasteiger partial charge in [0.2, 0.25) is 0 Å². The maximum atomic E-state index is 11.6. The maximum Gasteiger partial charge on any atom is 0.333 e. The van der Waals surface area contributed by atoms with E-state index in [1.54, 1.807) is 0 Å². The molecule has 1 atom stereocenters. The van der Waals surface area contributed by atoms with Crippen molar-refractivity contribution in [3.05, 3.63) is 0 Å². The molecule has 0 saturated carbocycles. The Kier molecular flexibility index (Phi) is 4.96. The van der Waals surface area contributed by atoms with Crippen LogP contribution in [0.25, 0.3) is 0 Å². The average molecular weight is 231 g/mol. The maximum absolute atomic E-state index is 11.6. The number of urea groups is 1. The van der Waals surface area contributed by atoms with Crippen LogP contribution in [0, 0.1) is 0 Å². The predicted molar refractivity (Wildman–Crippen MR) is 55.4 cm³/mol. The van der Waals surface area contributed by atoms with E-state index >= 15 is 0 Å². The number of likely N-dealkylation sites (tertiary alicyclic amines) is 1. The number of methoxy groups -OCH3 is 1. The molecule has 0 spiro atoms. The number of piperidine rings is 1. The van der Waals surface area contributed by atoms with Crippen molar-refractivity contribution in [1.82, 2.24) is 21.4 Å². The van der Waals surface area contributed by atoms with Crippen LogP contribution < -0.4 is 22.3 Å². The monoisotopic (exact) mass is 231 g/mol. The van der Waals surface area contributed by atoms with Crippen LogP contribution >= 0.6 is 0 Å².